The number of nitriles is 1. The Morgan fingerprint density at radius 1 is 1.31 bits per heavy atom. The van der Waals surface area contributed by atoms with Crippen molar-refractivity contribution < 1.29 is 13.6 Å². The van der Waals surface area contributed by atoms with Gasteiger partial charge in [-0.05, 0) is 24.3 Å². The van der Waals surface area contributed by atoms with Crippen molar-refractivity contribution in [1.29, 1.82) is 5.26 Å². The van der Waals surface area contributed by atoms with Gasteiger partial charge in [-0.15, -0.1) is 0 Å². The molecule has 9 nitrogen and oxygen atoms in total. The van der Waals surface area contributed by atoms with Crippen molar-refractivity contribution in [3.05, 3.63) is 72.0 Å². The molecule has 4 heterocycles. The van der Waals surface area contributed by atoms with E-state index < -0.39 is 0 Å². The maximum absolute atomic E-state index is 13.1. The number of hydrogen-bond donors (Lipinski definition) is 1. The van der Waals surface area contributed by atoms with Crippen LogP contribution in [0.3, 0.4) is 0 Å². The second-order valence-corrected chi connectivity index (χ2v) is 7.96. The highest BCUT2D eigenvalue weighted by atomic mass is 32.2. The van der Waals surface area contributed by atoms with E-state index >= 15 is 0 Å². The molecule has 1 aliphatic heterocycles. The van der Waals surface area contributed by atoms with E-state index in [0.717, 1.165) is 22.7 Å². The fraction of sp³-hybridized carbons (Fsp3) is 0.136. The number of para-hydroxylation sites is 1. The number of benzene rings is 1. The van der Waals surface area contributed by atoms with E-state index in [0.29, 0.717) is 28.8 Å². The van der Waals surface area contributed by atoms with Crippen LogP contribution in [0.5, 0.6) is 0 Å². The van der Waals surface area contributed by atoms with E-state index in [1.54, 1.807) is 12.3 Å². The summed E-state index contributed by atoms with van der Waals surface area (Å²) in [5.41, 5.74) is 7.35. The molecular weight excluding hydrogens is 428 g/mol. The molecule has 3 aromatic heterocycles. The smallest absolute Gasteiger partial charge is 0.253 e. The van der Waals surface area contributed by atoms with Gasteiger partial charge in [-0.3, -0.25) is 4.79 Å². The zero-order valence-electron chi connectivity index (χ0n) is 16.6. The largest absolute Gasteiger partial charge is 0.467 e. The van der Waals surface area contributed by atoms with Gasteiger partial charge in [-0.2, -0.15) is 10.4 Å². The van der Waals surface area contributed by atoms with E-state index in [-0.39, 0.29) is 29.1 Å². The maximum atomic E-state index is 13.1. The summed E-state index contributed by atoms with van der Waals surface area (Å²) < 4.78 is 11.5. The first-order valence-corrected chi connectivity index (χ1v) is 10.7. The second kappa shape index (κ2) is 8.20. The van der Waals surface area contributed by atoms with Crippen molar-refractivity contribution in [2.45, 2.75) is 17.6 Å². The molecule has 5 rings (SSSR count). The van der Waals surface area contributed by atoms with Crippen molar-refractivity contribution in [3.63, 3.8) is 0 Å². The number of furan rings is 2. The Kier molecular flexibility index (Phi) is 5.09. The lowest BCUT2D eigenvalue weighted by Crippen LogP contribution is -2.28. The minimum atomic E-state index is -0.381. The fourth-order valence-electron chi connectivity index (χ4n) is 3.44. The van der Waals surface area contributed by atoms with Gasteiger partial charge < -0.3 is 14.6 Å². The molecule has 2 N–H and O–H groups in total. The number of fused-ring (bicyclic) bond motifs is 1. The summed E-state index contributed by atoms with van der Waals surface area (Å²) >= 11 is 1.12. The van der Waals surface area contributed by atoms with Gasteiger partial charge in [0.1, 0.15) is 40.5 Å². The number of thioether (sulfide) groups is 1. The highest BCUT2D eigenvalue weighted by molar-refractivity contribution is 7.99. The van der Waals surface area contributed by atoms with Crippen molar-refractivity contribution in [3.8, 4) is 6.07 Å². The van der Waals surface area contributed by atoms with Crippen LogP contribution < -0.4 is 5.73 Å². The standard InChI is InChI=1S/C22H16N6O3S/c23-10-14-11-25-22(26-21(14)24)32-12-20(29)28-16(18-6-3-7-30-18)9-15(27-28)19-8-13-4-1-2-5-17(13)31-19/h1-8,11,16H,9,12H2,(H2,24,25,26). The number of hydrogen-bond acceptors (Lipinski definition) is 9. The number of hydrazone groups is 1. The number of nitrogens with two attached hydrogens (primary N) is 1. The molecule has 1 aliphatic rings. The Balaban J connectivity index is 1.39. The van der Waals surface area contributed by atoms with Gasteiger partial charge in [0.2, 0.25) is 0 Å². The first-order valence-electron chi connectivity index (χ1n) is 9.69. The number of amides is 1. The molecule has 32 heavy (non-hydrogen) atoms. The summed E-state index contributed by atoms with van der Waals surface area (Å²) in [6.07, 6.45) is 3.37. The third kappa shape index (κ3) is 3.70. The summed E-state index contributed by atoms with van der Waals surface area (Å²) in [5.74, 6) is 1.14. The minimum absolute atomic E-state index is 0.0411. The van der Waals surface area contributed by atoms with Gasteiger partial charge in [0.25, 0.3) is 5.91 Å². The average molecular weight is 444 g/mol. The molecule has 1 unspecified atom stereocenters. The number of carbonyl (C=O) groups excluding carboxylic acids is 1. The van der Waals surface area contributed by atoms with Crippen LogP contribution in [0, 0.1) is 11.3 Å². The molecule has 0 fully saturated rings. The van der Waals surface area contributed by atoms with Gasteiger partial charge in [-0.1, -0.05) is 30.0 Å². The van der Waals surface area contributed by atoms with Gasteiger partial charge in [-0.25, -0.2) is 15.0 Å². The van der Waals surface area contributed by atoms with E-state index in [1.165, 1.54) is 11.2 Å². The maximum Gasteiger partial charge on any atom is 0.253 e. The number of anilines is 1. The molecule has 158 valence electrons. The molecule has 10 heteroatoms. The van der Waals surface area contributed by atoms with Crippen LogP contribution in [0.1, 0.15) is 29.5 Å². The van der Waals surface area contributed by atoms with Gasteiger partial charge in [0, 0.05) is 11.8 Å². The minimum Gasteiger partial charge on any atom is -0.467 e. The number of nitrogens with zero attached hydrogens (tertiary/aromatic N) is 5. The zero-order valence-corrected chi connectivity index (χ0v) is 17.5. The lowest BCUT2D eigenvalue weighted by Gasteiger charge is -2.19. The third-order valence-electron chi connectivity index (χ3n) is 4.99. The van der Waals surface area contributed by atoms with Crippen LogP contribution in [0.25, 0.3) is 11.0 Å². The van der Waals surface area contributed by atoms with E-state index in [4.69, 9.17) is 19.8 Å². The molecule has 0 bridgehead atoms. The highest BCUT2D eigenvalue weighted by Gasteiger charge is 2.36. The fourth-order valence-corrected chi connectivity index (χ4v) is 4.12. The Labute approximate surface area is 186 Å². The quantitative estimate of drug-likeness (QED) is 0.363. The summed E-state index contributed by atoms with van der Waals surface area (Å²) in [4.78, 5) is 21.2. The van der Waals surface area contributed by atoms with Crippen LogP contribution in [0.4, 0.5) is 5.82 Å². The van der Waals surface area contributed by atoms with Crippen LogP contribution in [-0.4, -0.2) is 32.3 Å². The molecule has 4 aromatic rings. The molecule has 0 spiro atoms. The third-order valence-corrected chi connectivity index (χ3v) is 5.83. The predicted molar refractivity (Wildman–Crippen MR) is 118 cm³/mol. The summed E-state index contributed by atoms with van der Waals surface area (Å²) in [5, 5.41) is 16.2. The Morgan fingerprint density at radius 3 is 2.94 bits per heavy atom. The van der Waals surface area contributed by atoms with Gasteiger partial charge in [0.05, 0.1) is 18.2 Å². The zero-order chi connectivity index (χ0) is 22.1. The molecule has 1 amide bonds. The molecule has 1 atom stereocenters. The topological polar surface area (TPSA) is 135 Å². The molecule has 0 saturated heterocycles. The molecule has 0 radical (unpaired) electrons. The number of nitrogen functional groups attached to an aromatic ring is 1. The number of rotatable bonds is 5. The van der Waals surface area contributed by atoms with Crippen molar-refractivity contribution >= 4 is 40.2 Å². The Morgan fingerprint density at radius 2 is 2.19 bits per heavy atom. The van der Waals surface area contributed by atoms with E-state index in [1.807, 2.05) is 42.5 Å². The Hall–Kier alpha value is -4.10. The SMILES string of the molecule is N#Cc1cnc(SCC(=O)N2N=C(c3cc4ccccc4o3)CC2c2ccco2)nc1N. The van der Waals surface area contributed by atoms with E-state index in [9.17, 15) is 4.79 Å². The van der Waals surface area contributed by atoms with Crippen LogP contribution in [0.15, 0.2) is 74.0 Å². The summed E-state index contributed by atoms with van der Waals surface area (Å²) in [6, 6.07) is 14.7. The van der Waals surface area contributed by atoms with Crippen molar-refractivity contribution in [2.75, 3.05) is 11.5 Å². The normalized spacial score (nSPS) is 15.7. The lowest BCUT2D eigenvalue weighted by molar-refractivity contribution is -0.130. The van der Waals surface area contributed by atoms with Gasteiger partial charge >= 0.3 is 0 Å². The lowest BCUT2D eigenvalue weighted by atomic mass is 10.1. The van der Waals surface area contributed by atoms with E-state index in [2.05, 4.69) is 15.1 Å². The number of carbonyl (C=O) groups is 1. The van der Waals surface area contributed by atoms with Crippen molar-refractivity contribution in [1.82, 2.24) is 15.0 Å². The first-order chi connectivity index (χ1) is 15.6. The molecular formula is C22H16N6O3S. The molecule has 1 aromatic carbocycles. The monoisotopic (exact) mass is 444 g/mol. The molecule has 0 aliphatic carbocycles. The summed E-state index contributed by atoms with van der Waals surface area (Å²) in [6.45, 7) is 0. The average Bonchev–Trinajstić information content (AvgIpc) is 3.56. The number of aromatic nitrogens is 2. The van der Waals surface area contributed by atoms with Crippen molar-refractivity contribution in [2.24, 2.45) is 5.10 Å². The Bertz CT molecular complexity index is 1340. The molecule has 0 saturated carbocycles. The summed E-state index contributed by atoms with van der Waals surface area (Å²) in [7, 11) is 0. The predicted octanol–water partition coefficient (Wildman–Crippen LogP) is 3.74. The first kappa shape index (κ1) is 19.8. The van der Waals surface area contributed by atoms with Crippen LogP contribution >= 0.6 is 11.8 Å². The van der Waals surface area contributed by atoms with Crippen LogP contribution in [-0.2, 0) is 4.79 Å². The second-order valence-electron chi connectivity index (χ2n) is 7.02. The highest BCUT2D eigenvalue weighted by Crippen LogP contribution is 2.35. The van der Waals surface area contributed by atoms with Gasteiger partial charge in [0.15, 0.2) is 10.9 Å². The van der Waals surface area contributed by atoms with Crippen LogP contribution in [0.2, 0.25) is 0 Å².